The fourth-order valence-electron chi connectivity index (χ4n) is 5.01. The Labute approximate surface area is 173 Å². The maximum absolute atomic E-state index is 5.77. The first-order valence-corrected chi connectivity index (χ1v) is 10.9. The Bertz CT molecular complexity index is 895. The Balaban J connectivity index is 1.37. The fraction of sp³-hybridized carbons (Fsp3) is 0.458. The van der Waals surface area contributed by atoms with Crippen molar-refractivity contribution in [1.82, 2.24) is 10.6 Å². The molecule has 0 radical (unpaired) electrons. The lowest BCUT2D eigenvalue weighted by atomic mass is 9.92. The number of benzene rings is 2. The summed E-state index contributed by atoms with van der Waals surface area (Å²) in [6.45, 7) is 3.81. The molecule has 3 aliphatic rings. The molecule has 1 fully saturated rings. The Morgan fingerprint density at radius 2 is 2.10 bits per heavy atom. The highest BCUT2D eigenvalue weighted by atomic mass is 16.5. The molecule has 2 aromatic carbocycles. The highest BCUT2D eigenvalue weighted by Crippen LogP contribution is 2.36. The second-order valence-electron chi connectivity index (χ2n) is 8.21. The number of rotatable bonds is 5. The van der Waals surface area contributed by atoms with Crippen molar-refractivity contribution in [3.05, 3.63) is 59.2 Å². The van der Waals surface area contributed by atoms with Gasteiger partial charge >= 0.3 is 0 Å². The molecule has 5 rings (SSSR count). The summed E-state index contributed by atoms with van der Waals surface area (Å²) in [6, 6.07) is 16.1. The Morgan fingerprint density at radius 1 is 1.21 bits per heavy atom. The number of aliphatic imine (C=N–C) groups is 1. The minimum absolute atomic E-state index is 0.353. The van der Waals surface area contributed by atoms with E-state index in [1.807, 2.05) is 0 Å². The summed E-state index contributed by atoms with van der Waals surface area (Å²) in [6.07, 6.45) is 4.48. The van der Waals surface area contributed by atoms with Gasteiger partial charge < -0.3 is 20.3 Å². The molecule has 2 N–H and O–H groups in total. The second-order valence-corrected chi connectivity index (χ2v) is 8.21. The van der Waals surface area contributed by atoms with Crippen molar-refractivity contribution < 1.29 is 4.74 Å². The van der Waals surface area contributed by atoms with Crippen LogP contribution in [-0.4, -0.2) is 38.6 Å². The van der Waals surface area contributed by atoms with E-state index in [1.54, 1.807) is 7.11 Å². The van der Waals surface area contributed by atoms with Crippen molar-refractivity contribution >= 4 is 11.5 Å². The molecule has 3 heterocycles. The first-order chi connectivity index (χ1) is 14.3. The molecule has 0 aromatic heterocycles. The first-order valence-electron chi connectivity index (χ1n) is 10.9. The number of nitrogens with zero attached hydrogens (tertiary/aromatic N) is 2. The molecule has 0 amide bonds. The predicted octanol–water partition coefficient (Wildman–Crippen LogP) is 3.44. The van der Waals surface area contributed by atoms with Gasteiger partial charge in [0, 0.05) is 42.8 Å². The summed E-state index contributed by atoms with van der Waals surface area (Å²) in [5.41, 5.74) is 5.30. The van der Waals surface area contributed by atoms with E-state index in [1.165, 1.54) is 41.1 Å². The van der Waals surface area contributed by atoms with Gasteiger partial charge in [0.05, 0.1) is 13.7 Å². The minimum Gasteiger partial charge on any atom is -0.496 e. The van der Waals surface area contributed by atoms with Gasteiger partial charge in [0.15, 0.2) is 0 Å². The predicted molar refractivity (Wildman–Crippen MR) is 118 cm³/mol. The fourth-order valence-corrected chi connectivity index (χ4v) is 5.01. The molecule has 0 aliphatic carbocycles. The topological polar surface area (TPSA) is 48.9 Å². The van der Waals surface area contributed by atoms with Crippen LogP contribution < -0.4 is 20.3 Å². The number of amidine groups is 1. The van der Waals surface area contributed by atoms with E-state index in [0.29, 0.717) is 12.1 Å². The molecule has 3 aliphatic heterocycles. The average Bonchev–Trinajstić information content (AvgIpc) is 3.27. The van der Waals surface area contributed by atoms with Crippen LogP contribution in [0.15, 0.2) is 47.5 Å². The standard InChI is InChI=1S/C24H30N4O/c1-29-22-15-18-9-10-23-25-12-13-28(23)21(18)14-19(22)16-27-20-8-5-11-26-24(20)17-6-3-2-4-7-17/h2-4,6-7,14-15,20,24,26-27H,5,8-13,16H2,1H3/t20-,24-/m0/s1. The third-order valence-electron chi connectivity index (χ3n) is 6.49. The highest BCUT2D eigenvalue weighted by Gasteiger charge is 2.28. The molecule has 152 valence electrons. The zero-order valence-corrected chi connectivity index (χ0v) is 17.2. The lowest BCUT2D eigenvalue weighted by Crippen LogP contribution is -2.45. The molecule has 0 saturated carbocycles. The van der Waals surface area contributed by atoms with Gasteiger partial charge in [0.1, 0.15) is 11.6 Å². The van der Waals surface area contributed by atoms with E-state index in [9.17, 15) is 0 Å². The number of anilines is 1. The van der Waals surface area contributed by atoms with Gasteiger partial charge in [-0.1, -0.05) is 30.3 Å². The van der Waals surface area contributed by atoms with E-state index in [2.05, 4.69) is 63.0 Å². The van der Waals surface area contributed by atoms with Crippen LogP contribution in [0.2, 0.25) is 0 Å². The number of fused-ring (bicyclic) bond motifs is 3. The molecule has 5 nitrogen and oxygen atoms in total. The molecule has 0 bridgehead atoms. The quantitative estimate of drug-likeness (QED) is 0.821. The molecule has 2 aromatic rings. The Morgan fingerprint density at radius 3 is 2.97 bits per heavy atom. The molecule has 2 atom stereocenters. The van der Waals surface area contributed by atoms with Crippen LogP contribution in [0.1, 0.15) is 42.0 Å². The van der Waals surface area contributed by atoms with Crippen molar-refractivity contribution in [1.29, 1.82) is 0 Å². The third-order valence-corrected chi connectivity index (χ3v) is 6.49. The molecule has 0 spiro atoms. The van der Waals surface area contributed by atoms with Gasteiger partial charge in [-0.15, -0.1) is 0 Å². The van der Waals surface area contributed by atoms with E-state index >= 15 is 0 Å². The normalized spacial score (nSPS) is 23.3. The Hall–Kier alpha value is -2.37. The van der Waals surface area contributed by atoms with Gasteiger partial charge in [-0.05, 0) is 49.1 Å². The van der Waals surface area contributed by atoms with E-state index < -0.39 is 0 Å². The Kier molecular flexibility index (Phi) is 5.25. The van der Waals surface area contributed by atoms with Gasteiger partial charge in [-0.25, -0.2) is 0 Å². The molecule has 1 saturated heterocycles. The summed E-state index contributed by atoms with van der Waals surface area (Å²) < 4.78 is 5.77. The van der Waals surface area contributed by atoms with E-state index in [0.717, 1.165) is 44.8 Å². The number of hydrogen-bond donors (Lipinski definition) is 2. The number of methoxy groups -OCH3 is 1. The molecule has 29 heavy (non-hydrogen) atoms. The lowest BCUT2D eigenvalue weighted by molar-refractivity contribution is 0.303. The summed E-state index contributed by atoms with van der Waals surface area (Å²) in [5.74, 6) is 2.25. The van der Waals surface area contributed by atoms with Crippen molar-refractivity contribution in [3.8, 4) is 5.75 Å². The van der Waals surface area contributed by atoms with Crippen LogP contribution >= 0.6 is 0 Å². The van der Waals surface area contributed by atoms with Gasteiger partial charge in [0.2, 0.25) is 0 Å². The average molecular weight is 391 g/mol. The summed E-state index contributed by atoms with van der Waals surface area (Å²) >= 11 is 0. The number of nitrogens with one attached hydrogen (secondary N) is 2. The van der Waals surface area contributed by atoms with Crippen molar-refractivity contribution in [2.75, 3.05) is 31.6 Å². The second kappa shape index (κ2) is 8.17. The van der Waals surface area contributed by atoms with Crippen molar-refractivity contribution in [2.45, 2.75) is 44.3 Å². The number of aryl methyl sites for hydroxylation is 1. The van der Waals surface area contributed by atoms with E-state index in [-0.39, 0.29) is 0 Å². The van der Waals surface area contributed by atoms with Crippen LogP contribution in [0.5, 0.6) is 5.75 Å². The smallest absolute Gasteiger partial charge is 0.123 e. The van der Waals surface area contributed by atoms with Crippen LogP contribution in [0.4, 0.5) is 5.69 Å². The van der Waals surface area contributed by atoms with Crippen LogP contribution in [0.3, 0.4) is 0 Å². The van der Waals surface area contributed by atoms with Crippen LogP contribution in [-0.2, 0) is 13.0 Å². The first kappa shape index (κ1) is 18.6. The number of hydrogen-bond acceptors (Lipinski definition) is 5. The monoisotopic (exact) mass is 390 g/mol. The number of piperidine rings is 1. The summed E-state index contributed by atoms with van der Waals surface area (Å²) in [7, 11) is 1.78. The van der Waals surface area contributed by atoms with Gasteiger partial charge in [0.25, 0.3) is 0 Å². The minimum atomic E-state index is 0.353. The SMILES string of the molecule is COc1cc2c(cc1CN[C@H]1CCCN[C@H]1c1ccccc1)N1CCN=C1CC2. The van der Waals surface area contributed by atoms with Gasteiger partial charge in [-0.2, -0.15) is 0 Å². The third kappa shape index (κ3) is 3.65. The van der Waals surface area contributed by atoms with Crippen molar-refractivity contribution in [3.63, 3.8) is 0 Å². The highest BCUT2D eigenvalue weighted by molar-refractivity contribution is 6.02. The van der Waals surface area contributed by atoms with Crippen molar-refractivity contribution in [2.24, 2.45) is 4.99 Å². The maximum atomic E-state index is 5.77. The maximum Gasteiger partial charge on any atom is 0.123 e. The summed E-state index contributed by atoms with van der Waals surface area (Å²) in [4.78, 5) is 7.08. The molecular weight excluding hydrogens is 360 g/mol. The van der Waals surface area contributed by atoms with Gasteiger partial charge in [-0.3, -0.25) is 4.99 Å². The zero-order valence-electron chi connectivity index (χ0n) is 17.2. The number of ether oxygens (including phenoxy) is 1. The zero-order chi connectivity index (χ0) is 19.6. The molecule has 5 heteroatoms. The van der Waals surface area contributed by atoms with Crippen LogP contribution in [0, 0.1) is 0 Å². The lowest BCUT2D eigenvalue weighted by Gasteiger charge is -2.34. The van der Waals surface area contributed by atoms with E-state index in [4.69, 9.17) is 4.74 Å². The largest absolute Gasteiger partial charge is 0.496 e. The molecule has 0 unspecified atom stereocenters. The van der Waals surface area contributed by atoms with Crippen LogP contribution in [0.25, 0.3) is 0 Å². The molecular formula is C24H30N4O. The summed E-state index contributed by atoms with van der Waals surface area (Å²) in [5, 5.41) is 7.55.